The fraction of sp³-hybridized carbons (Fsp3) is 0.357. The van der Waals surface area contributed by atoms with Gasteiger partial charge in [-0.15, -0.1) is 0 Å². The molecular weight excluding hydrogens is 268 g/mol. The number of amidine groups is 1. The van der Waals surface area contributed by atoms with E-state index in [0.29, 0.717) is 6.54 Å². The van der Waals surface area contributed by atoms with Crippen LogP contribution in [0.4, 0.5) is 5.82 Å². The predicted molar refractivity (Wildman–Crippen MR) is 81.6 cm³/mol. The Labute approximate surface area is 122 Å². The molecule has 1 saturated heterocycles. The quantitative estimate of drug-likeness (QED) is 0.369. The predicted octanol–water partition coefficient (Wildman–Crippen LogP) is 0.498. The Morgan fingerprint density at radius 2 is 1.95 bits per heavy atom. The van der Waals surface area contributed by atoms with Gasteiger partial charge < -0.3 is 15.8 Å². The standard InChI is InChI=1S/C14H18N6O/c15-13(18-21)9-19-5-7-20(8-6-19)14-11-3-1-2-4-12(11)16-10-17-14/h1-4,10,21H,5-9H2,(H2,15,18). The first-order valence-corrected chi connectivity index (χ1v) is 6.91. The lowest BCUT2D eigenvalue weighted by molar-refractivity contribution is 0.278. The second-order valence-electron chi connectivity index (χ2n) is 5.07. The van der Waals surface area contributed by atoms with Gasteiger partial charge >= 0.3 is 0 Å². The Bertz CT molecular complexity index is 645. The number of nitrogens with two attached hydrogens (primary N) is 1. The molecule has 3 rings (SSSR count). The van der Waals surface area contributed by atoms with Crippen LogP contribution in [-0.2, 0) is 0 Å². The van der Waals surface area contributed by atoms with Crippen LogP contribution in [0.15, 0.2) is 35.7 Å². The number of rotatable bonds is 3. The van der Waals surface area contributed by atoms with Crippen molar-refractivity contribution in [1.29, 1.82) is 0 Å². The molecule has 1 aliphatic rings. The van der Waals surface area contributed by atoms with Crippen LogP contribution in [0.25, 0.3) is 10.9 Å². The molecule has 2 heterocycles. The van der Waals surface area contributed by atoms with Crippen molar-refractivity contribution in [2.24, 2.45) is 10.9 Å². The molecule has 1 aromatic carbocycles. The van der Waals surface area contributed by atoms with E-state index < -0.39 is 0 Å². The molecule has 1 fully saturated rings. The van der Waals surface area contributed by atoms with Gasteiger partial charge in [0.15, 0.2) is 5.84 Å². The molecule has 0 amide bonds. The lowest BCUT2D eigenvalue weighted by Gasteiger charge is -2.35. The van der Waals surface area contributed by atoms with Crippen LogP contribution in [0.3, 0.4) is 0 Å². The first-order valence-electron chi connectivity index (χ1n) is 6.91. The number of aromatic nitrogens is 2. The third-order valence-corrected chi connectivity index (χ3v) is 3.71. The summed E-state index contributed by atoms with van der Waals surface area (Å²) in [6, 6.07) is 8.03. The summed E-state index contributed by atoms with van der Waals surface area (Å²) in [5, 5.41) is 12.7. The second-order valence-corrected chi connectivity index (χ2v) is 5.07. The average Bonchev–Trinajstić information content (AvgIpc) is 2.55. The first kappa shape index (κ1) is 13.6. The number of oxime groups is 1. The average molecular weight is 286 g/mol. The second kappa shape index (κ2) is 5.92. The molecule has 0 saturated carbocycles. The first-order chi connectivity index (χ1) is 10.3. The van der Waals surface area contributed by atoms with Crippen molar-refractivity contribution in [3.63, 3.8) is 0 Å². The molecule has 0 aliphatic carbocycles. The van der Waals surface area contributed by atoms with E-state index in [1.165, 1.54) is 0 Å². The lowest BCUT2D eigenvalue weighted by atomic mass is 10.2. The molecule has 2 aromatic rings. The van der Waals surface area contributed by atoms with Crippen LogP contribution in [0, 0.1) is 0 Å². The van der Waals surface area contributed by atoms with E-state index in [0.717, 1.165) is 42.9 Å². The Balaban J connectivity index is 1.74. The summed E-state index contributed by atoms with van der Waals surface area (Å²) in [6.07, 6.45) is 1.61. The normalized spacial score (nSPS) is 17.3. The van der Waals surface area contributed by atoms with Gasteiger partial charge in [0.05, 0.1) is 12.1 Å². The summed E-state index contributed by atoms with van der Waals surface area (Å²) in [4.78, 5) is 13.2. The van der Waals surface area contributed by atoms with Crippen LogP contribution < -0.4 is 10.6 Å². The van der Waals surface area contributed by atoms with Gasteiger partial charge in [-0.2, -0.15) is 0 Å². The van der Waals surface area contributed by atoms with Crippen LogP contribution >= 0.6 is 0 Å². The van der Waals surface area contributed by atoms with E-state index >= 15 is 0 Å². The molecule has 0 bridgehead atoms. The van der Waals surface area contributed by atoms with E-state index in [-0.39, 0.29) is 5.84 Å². The third kappa shape index (κ3) is 2.87. The fourth-order valence-corrected chi connectivity index (χ4v) is 2.62. The van der Waals surface area contributed by atoms with Crippen molar-refractivity contribution in [3.8, 4) is 0 Å². The molecular formula is C14H18N6O. The molecule has 21 heavy (non-hydrogen) atoms. The topological polar surface area (TPSA) is 90.9 Å². The van der Waals surface area contributed by atoms with Gasteiger partial charge in [0.25, 0.3) is 0 Å². The zero-order valence-corrected chi connectivity index (χ0v) is 11.7. The summed E-state index contributed by atoms with van der Waals surface area (Å²) in [5.74, 6) is 1.22. The Morgan fingerprint density at radius 1 is 1.19 bits per heavy atom. The van der Waals surface area contributed by atoms with Gasteiger partial charge in [-0.1, -0.05) is 17.3 Å². The van der Waals surface area contributed by atoms with Crippen molar-refractivity contribution in [1.82, 2.24) is 14.9 Å². The van der Waals surface area contributed by atoms with Gasteiger partial charge in [-0.3, -0.25) is 4.90 Å². The highest BCUT2D eigenvalue weighted by atomic mass is 16.4. The molecule has 7 heteroatoms. The maximum atomic E-state index is 8.62. The van der Waals surface area contributed by atoms with Gasteiger partial charge in [0.2, 0.25) is 0 Å². The summed E-state index contributed by atoms with van der Waals surface area (Å²) in [6.45, 7) is 3.93. The highest BCUT2D eigenvalue weighted by Crippen LogP contribution is 2.23. The van der Waals surface area contributed by atoms with Crippen molar-refractivity contribution in [2.45, 2.75) is 0 Å². The smallest absolute Gasteiger partial charge is 0.153 e. The Morgan fingerprint density at radius 3 is 2.71 bits per heavy atom. The number of anilines is 1. The number of hydrogen-bond acceptors (Lipinski definition) is 6. The number of piperazine rings is 1. The van der Waals surface area contributed by atoms with Gasteiger partial charge in [0, 0.05) is 31.6 Å². The van der Waals surface area contributed by atoms with Gasteiger partial charge in [-0.25, -0.2) is 9.97 Å². The molecule has 110 valence electrons. The van der Waals surface area contributed by atoms with Crippen molar-refractivity contribution in [3.05, 3.63) is 30.6 Å². The Kier molecular flexibility index (Phi) is 3.83. The molecule has 0 spiro atoms. The number of para-hydroxylation sites is 1. The monoisotopic (exact) mass is 286 g/mol. The van der Waals surface area contributed by atoms with Crippen LogP contribution in [0.5, 0.6) is 0 Å². The fourth-order valence-electron chi connectivity index (χ4n) is 2.62. The van der Waals surface area contributed by atoms with E-state index in [1.807, 2.05) is 24.3 Å². The van der Waals surface area contributed by atoms with Crippen molar-refractivity contribution in [2.75, 3.05) is 37.6 Å². The number of hydrogen-bond donors (Lipinski definition) is 2. The van der Waals surface area contributed by atoms with E-state index in [2.05, 4.69) is 24.9 Å². The lowest BCUT2D eigenvalue weighted by Crippen LogP contribution is -2.49. The Hall–Kier alpha value is -2.41. The highest BCUT2D eigenvalue weighted by molar-refractivity contribution is 5.89. The molecule has 0 atom stereocenters. The molecule has 0 unspecified atom stereocenters. The SMILES string of the molecule is NC(CN1CCN(c2ncnc3ccccc23)CC1)=NO. The van der Waals surface area contributed by atoms with E-state index in [4.69, 9.17) is 10.9 Å². The molecule has 1 aliphatic heterocycles. The largest absolute Gasteiger partial charge is 0.409 e. The van der Waals surface area contributed by atoms with E-state index in [9.17, 15) is 0 Å². The minimum Gasteiger partial charge on any atom is -0.409 e. The maximum absolute atomic E-state index is 8.62. The van der Waals surface area contributed by atoms with Gasteiger partial charge in [0.1, 0.15) is 12.1 Å². The number of benzene rings is 1. The molecule has 3 N–H and O–H groups in total. The van der Waals surface area contributed by atoms with Crippen molar-refractivity contribution >= 4 is 22.6 Å². The minimum atomic E-state index is 0.246. The van der Waals surface area contributed by atoms with Crippen LogP contribution in [0.1, 0.15) is 0 Å². The van der Waals surface area contributed by atoms with Crippen LogP contribution in [-0.4, -0.2) is 58.6 Å². The highest BCUT2D eigenvalue weighted by Gasteiger charge is 2.20. The molecule has 0 radical (unpaired) electrons. The summed E-state index contributed by atoms with van der Waals surface area (Å²) in [7, 11) is 0. The zero-order valence-electron chi connectivity index (χ0n) is 11.7. The number of fused-ring (bicyclic) bond motifs is 1. The minimum absolute atomic E-state index is 0.246. The molecule has 7 nitrogen and oxygen atoms in total. The third-order valence-electron chi connectivity index (χ3n) is 3.71. The summed E-state index contributed by atoms with van der Waals surface area (Å²) >= 11 is 0. The summed E-state index contributed by atoms with van der Waals surface area (Å²) in [5.41, 5.74) is 6.51. The van der Waals surface area contributed by atoms with Crippen LogP contribution in [0.2, 0.25) is 0 Å². The summed E-state index contributed by atoms with van der Waals surface area (Å²) < 4.78 is 0. The van der Waals surface area contributed by atoms with Crippen molar-refractivity contribution < 1.29 is 5.21 Å². The number of nitrogens with zero attached hydrogens (tertiary/aromatic N) is 5. The zero-order chi connectivity index (χ0) is 14.7. The van der Waals surface area contributed by atoms with Gasteiger partial charge in [-0.05, 0) is 12.1 Å². The molecule has 1 aromatic heterocycles. The maximum Gasteiger partial charge on any atom is 0.153 e. The van der Waals surface area contributed by atoms with E-state index in [1.54, 1.807) is 6.33 Å².